The minimum absolute atomic E-state index is 0.0231. The summed E-state index contributed by atoms with van der Waals surface area (Å²) in [4.78, 5) is 10.1. The molecule has 0 aromatic carbocycles. The Morgan fingerprint density at radius 3 is 2.11 bits per heavy atom. The van der Waals surface area contributed by atoms with E-state index >= 15 is 0 Å². The lowest BCUT2D eigenvalue weighted by molar-refractivity contribution is -0.131. The molecule has 0 aliphatic carbocycles. The zero-order valence-electron chi connectivity index (χ0n) is 4.52. The van der Waals surface area contributed by atoms with Crippen molar-refractivity contribution in [3.05, 3.63) is 9.15 Å². The topological polar surface area (TPSA) is 46.5 Å². The summed E-state index contributed by atoms with van der Waals surface area (Å²) in [6, 6.07) is 0. The Balaban J connectivity index is 4.28. The van der Waals surface area contributed by atoms with Crippen LogP contribution in [0.3, 0.4) is 0 Å². The van der Waals surface area contributed by atoms with Crippen molar-refractivity contribution in [3.63, 3.8) is 0 Å². The van der Waals surface area contributed by atoms with Crippen molar-refractivity contribution < 1.29 is 14.6 Å². The van der Waals surface area contributed by atoms with Crippen molar-refractivity contribution in [1.29, 1.82) is 0 Å². The molecule has 1 N–H and O–H groups in total. The minimum Gasteiger partial charge on any atom is -0.489 e. The second-order valence-electron chi connectivity index (χ2n) is 1.10. The second-order valence-corrected chi connectivity index (χ2v) is 2.61. The number of ether oxygens (including phenoxy) is 1. The van der Waals surface area contributed by atoms with Crippen molar-refractivity contribution in [3.8, 4) is 0 Å². The Morgan fingerprint density at radius 1 is 1.56 bits per heavy atom. The molecular weight excluding hydrogens is 256 g/mol. The average molecular weight is 260 g/mol. The van der Waals surface area contributed by atoms with E-state index in [9.17, 15) is 4.79 Å². The van der Waals surface area contributed by atoms with Crippen LogP contribution in [0.1, 0.15) is 0 Å². The summed E-state index contributed by atoms with van der Waals surface area (Å²) in [5.74, 6) is -1.07. The van der Waals surface area contributed by atoms with E-state index < -0.39 is 5.97 Å². The molecule has 0 aromatic heterocycles. The van der Waals surface area contributed by atoms with Gasteiger partial charge < -0.3 is 9.84 Å². The highest BCUT2D eigenvalue weighted by Gasteiger charge is 2.07. The molecule has 0 rings (SSSR count). The molecule has 0 unspecified atom stereocenters. The Morgan fingerprint density at radius 2 is 2.00 bits per heavy atom. The molecule has 0 spiro atoms. The highest BCUT2D eigenvalue weighted by Crippen LogP contribution is 2.17. The SMILES string of the molecule is CO/C(Br)=C(\Br)C(=O)O. The van der Waals surface area contributed by atoms with Crippen molar-refractivity contribution in [2.24, 2.45) is 0 Å². The molecule has 5 heteroatoms. The van der Waals surface area contributed by atoms with Gasteiger partial charge in [-0.1, -0.05) is 0 Å². The molecule has 3 nitrogen and oxygen atoms in total. The molecule has 0 aliphatic heterocycles. The number of methoxy groups -OCH3 is 1. The largest absolute Gasteiger partial charge is 0.489 e. The Hall–Kier alpha value is -0.0300. The third-order valence-electron chi connectivity index (χ3n) is 0.540. The van der Waals surface area contributed by atoms with Gasteiger partial charge in [0.05, 0.1) is 7.11 Å². The van der Waals surface area contributed by atoms with E-state index in [1.165, 1.54) is 7.11 Å². The molecule has 0 amide bonds. The summed E-state index contributed by atoms with van der Waals surface area (Å²) in [6.07, 6.45) is 0. The van der Waals surface area contributed by atoms with Gasteiger partial charge in [-0.05, 0) is 31.9 Å². The number of hydrogen-bond donors (Lipinski definition) is 1. The summed E-state index contributed by atoms with van der Waals surface area (Å²) in [5.41, 5.74) is 0. The minimum atomic E-state index is -1.07. The predicted octanol–water partition coefficient (Wildman–Crippen LogP) is 1.68. The number of aliphatic carboxylic acids is 1. The first-order valence-corrected chi connectivity index (χ1v) is 3.50. The molecular formula is C4H4Br2O3. The zero-order valence-corrected chi connectivity index (χ0v) is 7.69. The smallest absolute Gasteiger partial charge is 0.347 e. The molecule has 0 bridgehead atoms. The third kappa shape index (κ3) is 2.86. The van der Waals surface area contributed by atoms with Crippen LogP contribution in [-0.2, 0) is 9.53 Å². The van der Waals surface area contributed by atoms with E-state index in [0.29, 0.717) is 0 Å². The summed E-state index contributed by atoms with van der Waals surface area (Å²) < 4.78 is 4.69. The average Bonchev–Trinajstić information content (AvgIpc) is 1.84. The fourth-order valence-corrected chi connectivity index (χ4v) is 0.505. The van der Waals surface area contributed by atoms with Gasteiger partial charge in [-0.25, -0.2) is 4.79 Å². The zero-order chi connectivity index (χ0) is 7.44. The van der Waals surface area contributed by atoms with E-state index in [1.807, 2.05) is 0 Å². The third-order valence-corrected chi connectivity index (χ3v) is 2.49. The molecule has 0 saturated carbocycles. The van der Waals surface area contributed by atoms with Crippen LogP contribution in [0, 0.1) is 0 Å². The molecule has 0 aromatic rings. The molecule has 0 radical (unpaired) electrons. The highest BCUT2D eigenvalue weighted by molar-refractivity contribution is 9.14. The fraction of sp³-hybridized carbons (Fsp3) is 0.250. The van der Waals surface area contributed by atoms with Crippen molar-refractivity contribution >= 4 is 37.8 Å². The van der Waals surface area contributed by atoms with E-state index in [1.54, 1.807) is 0 Å². The summed E-state index contributed by atoms with van der Waals surface area (Å²) in [7, 11) is 1.37. The number of carbonyl (C=O) groups is 1. The van der Waals surface area contributed by atoms with E-state index in [-0.39, 0.29) is 9.15 Å². The summed E-state index contributed by atoms with van der Waals surface area (Å²) in [5, 5.41) is 8.27. The standard InChI is InChI=1S/C4H4Br2O3/c1-9-3(6)2(5)4(7)8/h1H3,(H,7,8)/b3-2-. The van der Waals surface area contributed by atoms with Crippen LogP contribution in [0.4, 0.5) is 0 Å². The number of hydrogen-bond acceptors (Lipinski definition) is 2. The predicted molar refractivity (Wildman–Crippen MR) is 39.5 cm³/mol. The van der Waals surface area contributed by atoms with Gasteiger partial charge in [0.2, 0.25) is 0 Å². The van der Waals surface area contributed by atoms with Gasteiger partial charge in [-0.3, -0.25) is 0 Å². The first-order chi connectivity index (χ1) is 4.09. The maximum Gasteiger partial charge on any atom is 0.347 e. The number of halogens is 2. The van der Waals surface area contributed by atoms with Crippen LogP contribution < -0.4 is 0 Å². The van der Waals surface area contributed by atoms with Gasteiger partial charge in [0.25, 0.3) is 0 Å². The van der Waals surface area contributed by atoms with E-state index in [2.05, 4.69) is 36.6 Å². The molecule has 0 atom stereocenters. The lowest BCUT2D eigenvalue weighted by Gasteiger charge is -1.95. The van der Waals surface area contributed by atoms with Crippen molar-refractivity contribution in [2.75, 3.05) is 7.11 Å². The van der Waals surface area contributed by atoms with Gasteiger partial charge in [0.15, 0.2) is 9.15 Å². The van der Waals surface area contributed by atoms with Crippen molar-refractivity contribution in [2.45, 2.75) is 0 Å². The van der Waals surface area contributed by atoms with Gasteiger partial charge in [-0.2, -0.15) is 0 Å². The maximum absolute atomic E-state index is 10.1. The van der Waals surface area contributed by atoms with E-state index in [0.717, 1.165) is 0 Å². The van der Waals surface area contributed by atoms with Gasteiger partial charge in [-0.15, -0.1) is 0 Å². The van der Waals surface area contributed by atoms with E-state index in [4.69, 9.17) is 5.11 Å². The lowest BCUT2D eigenvalue weighted by atomic mass is 10.6. The Bertz CT molecular complexity index is 152. The van der Waals surface area contributed by atoms with Crippen LogP contribution in [0.25, 0.3) is 0 Å². The first kappa shape index (κ1) is 8.97. The number of carboxylic acids is 1. The highest BCUT2D eigenvalue weighted by atomic mass is 79.9. The Kier molecular flexibility index (Phi) is 3.88. The fourth-order valence-electron chi connectivity index (χ4n) is 0.174. The molecule has 0 saturated heterocycles. The molecule has 9 heavy (non-hydrogen) atoms. The van der Waals surface area contributed by atoms with Gasteiger partial charge in [0.1, 0.15) is 0 Å². The van der Waals surface area contributed by atoms with Crippen LogP contribution in [0.2, 0.25) is 0 Å². The Labute approximate surface area is 68.9 Å². The quantitative estimate of drug-likeness (QED) is 0.606. The molecule has 0 fully saturated rings. The van der Waals surface area contributed by atoms with Gasteiger partial charge >= 0.3 is 5.97 Å². The number of carboxylic acid groups (broad SMARTS) is 1. The first-order valence-electron chi connectivity index (χ1n) is 1.92. The van der Waals surface area contributed by atoms with Crippen LogP contribution in [0.15, 0.2) is 9.15 Å². The molecule has 52 valence electrons. The normalized spacial score (nSPS) is 12.3. The summed E-state index contributed by atoms with van der Waals surface area (Å²) >= 11 is 5.65. The second kappa shape index (κ2) is 3.90. The van der Waals surface area contributed by atoms with Crippen molar-refractivity contribution in [1.82, 2.24) is 0 Å². The van der Waals surface area contributed by atoms with Crippen LogP contribution >= 0.6 is 31.9 Å². The summed E-state index contributed by atoms with van der Waals surface area (Å²) in [6.45, 7) is 0. The lowest BCUT2D eigenvalue weighted by Crippen LogP contribution is -1.95. The van der Waals surface area contributed by atoms with Crippen LogP contribution in [-0.4, -0.2) is 18.2 Å². The van der Waals surface area contributed by atoms with Crippen LogP contribution in [0.5, 0.6) is 0 Å². The molecule has 0 aliphatic rings. The molecule has 0 heterocycles. The maximum atomic E-state index is 10.1. The number of rotatable bonds is 2. The van der Waals surface area contributed by atoms with Gasteiger partial charge in [0, 0.05) is 0 Å². The monoisotopic (exact) mass is 258 g/mol.